The fourth-order valence-electron chi connectivity index (χ4n) is 0.851. The monoisotopic (exact) mass is 167 g/mol. The number of hydrogen-bond donors (Lipinski definition) is 2. The van der Waals surface area contributed by atoms with E-state index in [0.717, 1.165) is 0 Å². The second-order valence-corrected chi connectivity index (χ2v) is 2.58. The minimum atomic E-state index is -0.950. The first-order valence-electron chi connectivity index (χ1n) is 3.49. The van der Waals surface area contributed by atoms with E-state index < -0.39 is 5.97 Å². The molecule has 0 saturated carbocycles. The van der Waals surface area contributed by atoms with Crippen molar-refractivity contribution in [2.75, 3.05) is 0 Å². The SMILES string of the molecule is Cc1c[nH]c(CC(=O)O)cc1=O. The topological polar surface area (TPSA) is 70.2 Å². The van der Waals surface area contributed by atoms with Gasteiger partial charge in [-0.3, -0.25) is 9.59 Å². The molecule has 0 aliphatic carbocycles. The minimum Gasteiger partial charge on any atom is -0.481 e. The third kappa shape index (κ3) is 1.95. The lowest BCUT2D eigenvalue weighted by atomic mass is 10.2. The largest absolute Gasteiger partial charge is 0.481 e. The van der Waals surface area contributed by atoms with Gasteiger partial charge in [0.2, 0.25) is 0 Å². The lowest BCUT2D eigenvalue weighted by molar-refractivity contribution is -0.136. The molecule has 0 spiro atoms. The number of aliphatic carboxylic acids is 1. The highest BCUT2D eigenvalue weighted by atomic mass is 16.4. The quantitative estimate of drug-likeness (QED) is 0.666. The number of hydrogen-bond acceptors (Lipinski definition) is 2. The van der Waals surface area contributed by atoms with E-state index in [0.29, 0.717) is 11.3 Å². The van der Waals surface area contributed by atoms with Crippen LogP contribution in [0.5, 0.6) is 0 Å². The molecule has 1 rings (SSSR count). The van der Waals surface area contributed by atoms with Crippen molar-refractivity contribution in [2.24, 2.45) is 0 Å². The van der Waals surface area contributed by atoms with Crippen molar-refractivity contribution >= 4 is 5.97 Å². The molecule has 0 radical (unpaired) electrons. The Hall–Kier alpha value is -1.58. The van der Waals surface area contributed by atoms with Crippen molar-refractivity contribution in [3.63, 3.8) is 0 Å². The zero-order chi connectivity index (χ0) is 9.14. The first-order chi connectivity index (χ1) is 5.59. The van der Waals surface area contributed by atoms with E-state index in [1.54, 1.807) is 6.92 Å². The highest BCUT2D eigenvalue weighted by molar-refractivity contribution is 5.69. The van der Waals surface area contributed by atoms with Gasteiger partial charge in [-0.2, -0.15) is 0 Å². The maximum atomic E-state index is 11.0. The Morgan fingerprint density at radius 2 is 2.33 bits per heavy atom. The Labute approximate surface area is 68.9 Å². The number of H-pyrrole nitrogens is 1. The van der Waals surface area contributed by atoms with Gasteiger partial charge in [-0.1, -0.05) is 0 Å². The Balaban J connectivity index is 2.97. The van der Waals surface area contributed by atoms with E-state index in [2.05, 4.69) is 4.98 Å². The van der Waals surface area contributed by atoms with E-state index in [9.17, 15) is 9.59 Å². The number of carbonyl (C=O) groups is 1. The Morgan fingerprint density at radius 1 is 1.67 bits per heavy atom. The normalized spacial score (nSPS) is 9.75. The summed E-state index contributed by atoms with van der Waals surface area (Å²) in [6, 6.07) is 1.31. The molecule has 0 aliphatic rings. The third-order valence-corrected chi connectivity index (χ3v) is 1.51. The molecule has 1 heterocycles. The van der Waals surface area contributed by atoms with Gasteiger partial charge >= 0.3 is 5.97 Å². The average Bonchev–Trinajstić information content (AvgIpc) is 1.96. The highest BCUT2D eigenvalue weighted by Gasteiger charge is 2.01. The number of nitrogens with one attached hydrogen (secondary N) is 1. The summed E-state index contributed by atoms with van der Waals surface area (Å²) in [5.74, 6) is -0.950. The van der Waals surface area contributed by atoms with Crippen molar-refractivity contribution < 1.29 is 9.90 Å². The summed E-state index contributed by atoms with van der Waals surface area (Å²) in [6.45, 7) is 1.67. The molecule has 1 aromatic rings. The maximum Gasteiger partial charge on any atom is 0.309 e. The lowest BCUT2D eigenvalue weighted by Gasteiger charge is -1.96. The standard InChI is InChI=1S/C8H9NO3/c1-5-4-9-6(2-7(5)10)3-8(11)12/h2,4H,3H2,1H3,(H,9,10)(H,11,12). The summed E-state index contributed by atoms with van der Waals surface area (Å²) in [7, 11) is 0. The summed E-state index contributed by atoms with van der Waals surface area (Å²) in [5, 5.41) is 8.41. The second-order valence-electron chi connectivity index (χ2n) is 2.58. The molecule has 0 unspecified atom stereocenters. The van der Waals surface area contributed by atoms with Crippen molar-refractivity contribution in [1.82, 2.24) is 4.98 Å². The van der Waals surface area contributed by atoms with Gasteiger partial charge in [0.05, 0.1) is 6.42 Å². The molecule has 0 amide bonds. The number of rotatable bonds is 2. The van der Waals surface area contributed by atoms with Crippen LogP contribution in [0.2, 0.25) is 0 Å². The lowest BCUT2D eigenvalue weighted by Crippen LogP contribution is -2.10. The maximum absolute atomic E-state index is 11.0. The van der Waals surface area contributed by atoms with E-state index in [1.807, 2.05) is 0 Å². The molecule has 4 nitrogen and oxygen atoms in total. The molecule has 2 N–H and O–H groups in total. The van der Waals surface area contributed by atoms with Crippen LogP contribution in [0, 0.1) is 6.92 Å². The number of carboxylic acid groups (broad SMARTS) is 1. The van der Waals surface area contributed by atoms with Gasteiger partial charge in [0.25, 0.3) is 0 Å². The second kappa shape index (κ2) is 3.21. The number of carboxylic acids is 1. The zero-order valence-corrected chi connectivity index (χ0v) is 6.63. The fourth-order valence-corrected chi connectivity index (χ4v) is 0.851. The van der Waals surface area contributed by atoms with Gasteiger partial charge in [-0.05, 0) is 6.92 Å². The molecule has 0 aliphatic heterocycles. The van der Waals surface area contributed by atoms with E-state index >= 15 is 0 Å². The van der Waals surface area contributed by atoms with Crippen LogP contribution in [-0.4, -0.2) is 16.1 Å². The first-order valence-corrected chi connectivity index (χ1v) is 3.49. The van der Waals surface area contributed by atoms with Crippen LogP contribution in [0.1, 0.15) is 11.3 Å². The number of aromatic amines is 1. The van der Waals surface area contributed by atoms with Crippen LogP contribution in [0.4, 0.5) is 0 Å². The smallest absolute Gasteiger partial charge is 0.309 e. The summed E-state index contributed by atoms with van der Waals surface area (Å²) in [4.78, 5) is 24.0. The molecular weight excluding hydrogens is 158 g/mol. The predicted molar refractivity (Wildman–Crippen MR) is 43.1 cm³/mol. The summed E-state index contributed by atoms with van der Waals surface area (Å²) in [6.07, 6.45) is 1.37. The van der Waals surface area contributed by atoms with Gasteiger partial charge < -0.3 is 10.1 Å². The Morgan fingerprint density at radius 3 is 2.83 bits per heavy atom. The zero-order valence-electron chi connectivity index (χ0n) is 6.63. The number of aromatic nitrogens is 1. The molecule has 64 valence electrons. The van der Waals surface area contributed by atoms with Gasteiger partial charge in [-0.25, -0.2) is 0 Å². The molecule has 0 bridgehead atoms. The predicted octanol–water partition coefficient (Wildman–Crippen LogP) is 0.310. The molecule has 1 aromatic heterocycles. The number of aryl methyl sites for hydroxylation is 1. The minimum absolute atomic E-state index is 0.134. The van der Waals surface area contributed by atoms with Crippen molar-refractivity contribution in [1.29, 1.82) is 0 Å². The molecule has 0 saturated heterocycles. The van der Waals surface area contributed by atoms with Crippen molar-refractivity contribution in [2.45, 2.75) is 13.3 Å². The first kappa shape index (κ1) is 8.52. The van der Waals surface area contributed by atoms with Crippen LogP contribution in [0.15, 0.2) is 17.1 Å². The van der Waals surface area contributed by atoms with E-state index in [-0.39, 0.29) is 11.8 Å². The number of pyridine rings is 1. The third-order valence-electron chi connectivity index (χ3n) is 1.51. The molecule has 0 fully saturated rings. The van der Waals surface area contributed by atoms with E-state index in [4.69, 9.17) is 5.11 Å². The summed E-state index contributed by atoms with van der Waals surface area (Å²) in [5.41, 5.74) is 0.882. The summed E-state index contributed by atoms with van der Waals surface area (Å²) < 4.78 is 0. The summed E-state index contributed by atoms with van der Waals surface area (Å²) >= 11 is 0. The van der Waals surface area contributed by atoms with Gasteiger partial charge in [0.1, 0.15) is 0 Å². The van der Waals surface area contributed by atoms with Gasteiger partial charge in [0, 0.05) is 23.5 Å². The average molecular weight is 167 g/mol. The Bertz CT molecular complexity index is 354. The van der Waals surface area contributed by atoms with Crippen molar-refractivity contribution in [3.05, 3.63) is 33.7 Å². The van der Waals surface area contributed by atoms with Crippen LogP contribution in [0.25, 0.3) is 0 Å². The van der Waals surface area contributed by atoms with Crippen molar-refractivity contribution in [3.8, 4) is 0 Å². The molecule has 12 heavy (non-hydrogen) atoms. The van der Waals surface area contributed by atoms with Crippen LogP contribution in [-0.2, 0) is 11.2 Å². The molecule has 0 atom stereocenters. The van der Waals surface area contributed by atoms with E-state index in [1.165, 1.54) is 12.3 Å². The fraction of sp³-hybridized carbons (Fsp3) is 0.250. The van der Waals surface area contributed by atoms with Gasteiger partial charge in [-0.15, -0.1) is 0 Å². The highest BCUT2D eigenvalue weighted by Crippen LogP contribution is 1.93. The molecule has 0 aromatic carbocycles. The Kier molecular flexibility index (Phi) is 2.28. The molecule has 4 heteroatoms. The van der Waals surface area contributed by atoms with Crippen LogP contribution >= 0.6 is 0 Å². The van der Waals surface area contributed by atoms with Crippen LogP contribution in [0.3, 0.4) is 0 Å². The van der Waals surface area contributed by atoms with Gasteiger partial charge in [0.15, 0.2) is 5.43 Å². The van der Waals surface area contributed by atoms with Crippen LogP contribution < -0.4 is 5.43 Å². The molecular formula is C8H9NO3.